The zero-order valence-electron chi connectivity index (χ0n) is 10.8. The van der Waals surface area contributed by atoms with E-state index in [2.05, 4.69) is 5.16 Å². The molecule has 106 valence electrons. The smallest absolute Gasteiger partial charge is 0.339 e. The Morgan fingerprint density at radius 1 is 1.45 bits per heavy atom. The van der Waals surface area contributed by atoms with E-state index in [1.807, 2.05) is 0 Å². The van der Waals surface area contributed by atoms with Crippen LogP contribution in [0.25, 0.3) is 0 Å². The van der Waals surface area contributed by atoms with Crippen molar-refractivity contribution < 1.29 is 23.9 Å². The molecule has 0 saturated heterocycles. The molecule has 1 aromatic heterocycles. The second-order valence-corrected chi connectivity index (χ2v) is 4.45. The lowest BCUT2D eigenvalue weighted by Gasteiger charge is -2.12. The highest BCUT2D eigenvalue weighted by molar-refractivity contribution is 6.31. The van der Waals surface area contributed by atoms with Crippen molar-refractivity contribution in [2.24, 2.45) is 0 Å². The minimum Gasteiger partial charge on any atom is -0.493 e. The van der Waals surface area contributed by atoms with Gasteiger partial charge in [-0.15, -0.1) is 0 Å². The Hall–Kier alpha value is -2.21. The topological polar surface area (TPSA) is 81.8 Å². The number of ether oxygens (including phenoxy) is 2. The average Bonchev–Trinajstić information content (AvgIpc) is 2.81. The lowest BCUT2D eigenvalue weighted by molar-refractivity contribution is 0.0690. The number of aryl methyl sites for hydroxylation is 1. The van der Waals surface area contributed by atoms with Gasteiger partial charge in [0.25, 0.3) is 0 Å². The molecule has 0 amide bonds. The van der Waals surface area contributed by atoms with E-state index in [1.165, 1.54) is 19.2 Å². The van der Waals surface area contributed by atoms with Crippen molar-refractivity contribution >= 4 is 17.6 Å². The van der Waals surface area contributed by atoms with Crippen LogP contribution in [0.5, 0.6) is 11.5 Å². The molecular weight excluding hydrogens is 286 g/mol. The summed E-state index contributed by atoms with van der Waals surface area (Å²) in [5.74, 6) is -0.338. The number of carboxylic acids is 1. The highest BCUT2D eigenvalue weighted by atomic mass is 35.5. The second-order valence-electron chi connectivity index (χ2n) is 4.01. The van der Waals surface area contributed by atoms with Crippen LogP contribution in [0.15, 0.2) is 22.7 Å². The number of carbonyl (C=O) groups is 1. The number of benzene rings is 1. The fourth-order valence-corrected chi connectivity index (χ4v) is 1.86. The van der Waals surface area contributed by atoms with Crippen LogP contribution >= 0.6 is 11.6 Å². The van der Waals surface area contributed by atoms with Crippen LogP contribution in [0.3, 0.4) is 0 Å². The van der Waals surface area contributed by atoms with Gasteiger partial charge in [0.15, 0.2) is 17.3 Å². The fourth-order valence-electron chi connectivity index (χ4n) is 1.66. The Morgan fingerprint density at radius 3 is 2.75 bits per heavy atom. The molecule has 0 fully saturated rings. The van der Waals surface area contributed by atoms with Crippen molar-refractivity contribution in [3.8, 4) is 11.5 Å². The van der Waals surface area contributed by atoms with Gasteiger partial charge in [-0.25, -0.2) is 4.79 Å². The van der Waals surface area contributed by atoms with Gasteiger partial charge in [0.2, 0.25) is 0 Å². The highest BCUT2D eigenvalue weighted by Crippen LogP contribution is 2.35. The first kappa shape index (κ1) is 14.2. The molecule has 0 bridgehead atoms. The molecule has 6 nitrogen and oxygen atoms in total. The van der Waals surface area contributed by atoms with E-state index in [0.29, 0.717) is 11.5 Å². The predicted molar refractivity (Wildman–Crippen MR) is 70.5 cm³/mol. The molecule has 1 N–H and O–H groups in total. The van der Waals surface area contributed by atoms with Crippen molar-refractivity contribution in [2.45, 2.75) is 13.5 Å². The van der Waals surface area contributed by atoms with Crippen molar-refractivity contribution in [1.82, 2.24) is 5.16 Å². The molecule has 0 spiro atoms. The molecule has 1 heterocycles. The fraction of sp³-hybridized carbons (Fsp3) is 0.231. The van der Waals surface area contributed by atoms with Gasteiger partial charge in [-0.2, -0.15) is 0 Å². The average molecular weight is 298 g/mol. The Morgan fingerprint density at radius 2 is 2.20 bits per heavy atom. The van der Waals surface area contributed by atoms with Gasteiger partial charge < -0.3 is 19.1 Å². The lowest BCUT2D eigenvalue weighted by Crippen LogP contribution is -2.05. The number of methoxy groups -OCH3 is 1. The van der Waals surface area contributed by atoms with E-state index >= 15 is 0 Å². The third-order valence-corrected chi connectivity index (χ3v) is 2.72. The molecule has 0 atom stereocenters. The van der Waals surface area contributed by atoms with Crippen LogP contribution in [0.4, 0.5) is 0 Å². The molecule has 1 aromatic carbocycles. The molecule has 7 heteroatoms. The van der Waals surface area contributed by atoms with Gasteiger partial charge in [0.05, 0.1) is 12.8 Å². The summed E-state index contributed by atoms with van der Waals surface area (Å²) >= 11 is 5.84. The summed E-state index contributed by atoms with van der Waals surface area (Å²) in [5.41, 5.74) is 0.635. The van der Waals surface area contributed by atoms with Gasteiger partial charge in [-0.1, -0.05) is 16.8 Å². The maximum absolute atomic E-state index is 11.2. The standard InChI is InChI=1S/C13H12ClNO5/c1-7-3-9(20-15-7)6-19-12-10(13(16)17)4-8(14)5-11(12)18-2/h3-5H,6H2,1-2H3,(H,16,17). The second kappa shape index (κ2) is 5.83. The summed E-state index contributed by atoms with van der Waals surface area (Å²) in [6.07, 6.45) is 0. The maximum atomic E-state index is 11.2. The van der Waals surface area contributed by atoms with Crippen LogP contribution in [0.1, 0.15) is 21.8 Å². The summed E-state index contributed by atoms with van der Waals surface area (Å²) in [6, 6.07) is 4.48. The molecule has 20 heavy (non-hydrogen) atoms. The molecule has 0 aliphatic carbocycles. The number of halogens is 1. The molecule has 2 aromatic rings. The maximum Gasteiger partial charge on any atom is 0.339 e. The van der Waals surface area contributed by atoms with Crippen molar-refractivity contribution in [3.63, 3.8) is 0 Å². The monoisotopic (exact) mass is 297 g/mol. The zero-order valence-corrected chi connectivity index (χ0v) is 11.6. The van der Waals surface area contributed by atoms with Crippen molar-refractivity contribution in [3.05, 3.63) is 40.2 Å². The number of aromatic nitrogens is 1. The van der Waals surface area contributed by atoms with E-state index in [-0.39, 0.29) is 28.7 Å². The number of rotatable bonds is 5. The number of hydrogen-bond donors (Lipinski definition) is 1. The van der Waals surface area contributed by atoms with E-state index < -0.39 is 5.97 Å². The molecule has 0 radical (unpaired) electrons. The minimum atomic E-state index is -1.16. The molecule has 0 saturated carbocycles. The number of hydrogen-bond acceptors (Lipinski definition) is 5. The molecular formula is C13H12ClNO5. The molecule has 2 rings (SSSR count). The molecule has 0 aliphatic heterocycles. The van der Waals surface area contributed by atoms with E-state index in [1.54, 1.807) is 13.0 Å². The Labute approximate surface area is 119 Å². The number of nitrogens with zero attached hydrogens (tertiary/aromatic N) is 1. The predicted octanol–water partition coefficient (Wildman–Crippen LogP) is 2.92. The summed E-state index contributed by atoms with van der Waals surface area (Å²) < 4.78 is 15.6. The van der Waals surface area contributed by atoms with Crippen LogP contribution in [-0.4, -0.2) is 23.3 Å². The van der Waals surface area contributed by atoms with Crippen LogP contribution < -0.4 is 9.47 Å². The van der Waals surface area contributed by atoms with Gasteiger partial charge in [0, 0.05) is 17.2 Å². The number of carboxylic acid groups (broad SMARTS) is 1. The Kier molecular flexibility index (Phi) is 4.14. The normalized spacial score (nSPS) is 10.3. The lowest BCUT2D eigenvalue weighted by atomic mass is 10.2. The Balaban J connectivity index is 2.31. The third kappa shape index (κ3) is 3.03. The highest BCUT2D eigenvalue weighted by Gasteiger charge is 2.19. The first-order chi connectivity index (χ1) is 9.51. The number of aromatic carboxylic acids is 1. The van der Waals surface area contributed by atoms with Crippen molar-refractivity contribution in [1.29, 1.82) is 0 Å². The minimum absolute atomic E-state index is 0.0408. The van der Waals surface area contributed by atoms with E-state index in [9.17, 15) is 9.90 Å². The zero-order chi connectivity index (χ0) is 14.7. The molecule has 0 aliphatic rings. The summed E-state index contributed by atoms with van der Waals surface area (Å²) in [5, 5.41) is 13.2. The summed E-state index contributed by atoms with van der Waals surface area (Å²) in [6.45, 7) is 1.82. The van der Waals surface area contributed by atoms with Crippen molar-refractivity contribution in [2.75, 3.05) is 7.11 Å². The summed E-state index contributed by atoms with van der Waals surface area (Å²) in [7, 11) is 1.41. The van der Waals surface area contributed by atoms with Crippen LogP contribution in [0, 0.1) is 6.92 Å². The summed E-state index contributed by atoms with van der Waals surface area (Å²) in [4.78, 5) is 11.2. The van der Waals surface area contributed by atoms with Gasteiger partial charge in [-0.3, -0.25) is 0 Å². The Bertz CT molecular complexity index is 638. The van der Waals surface area contributed by atoms with Crippen LogP contribution in [-0.2, 0) is 6.61 Å². The van der Waals surface area contributed by atoms with Crippen LogP contribution in [0.2, 0.25) is 5.02 Å². The van der Waals surface area contributed by atoms with Gasteiger partial charge in [-0.05, 0) is 13.0 Å². The first-order valence-corrected chi connectivity index (χ1v) is 6.05. The largest absolute Gasteiger partial charge is 0.493 e. The van der Waals surface area contributed by atoms with Gasteiger partial charge >= 0.3 is 5.97 Å². The SMILES string of the molecule is COc1cc(Cl)cc(C(=O)O)c1OCc1cc(C)no1. The molecule has 0 unspecified atom stereocenters. The van der Waals surface area contributed by atoms with Gasteiger partial charge in [0.1, 0.15) is 12.2 Å². The first-order valence-electron chi connectivity index (χ1n) is 5.67. The van der Waals surface area contributed by atoms with E-state index in [4.69, 9.17) is 25.6 Å². The third-order valence-electron chi connectivity index (χ3n) is 2.51. The quantitative estimate of drug-likeness (QED) is 0.913. The van der Waals surface area contributed by atoms with E-state index in [0.717, 1.165) is 0 Å².